The maximum Gasteiger partial charge on any atom is 0.227 e. The van der Waals surface area contributed by atoms with Crippen molar-refractivity contribution in [1.29, 1.82) is 0 Å². The number of nitrogens with one attached hydrogen (secondary N) is 1. The second-order valence-electron chi connectivity index (χ2n) is 8.40. The maximum atomic E-state index is 12.5. The molecule has 2 aromatic rings. The SMILES string of the molecule is CC(C)CCC(NC(=O)CCc1nc(C(C)(C)C)no1)c1ccc(Cl)cc1. The Kier molecular flexibility index (Phi) is 7.42. The van der Waals surface area contributed by atoms with Gasteiger partial charge in [-0.1, -0.05) is 63.5 Å². The Morgan fingerprint density at radius 2 is 1.85 bits per heavy atom. The van der Waals surface area contributed by atoms with Gasteiger partial charge in [0.2, 0.25) is 11.8 Å². The van der Waals surface area contributed by atoms with E-state index in [0.717, 1.165) is 18.4 Å². The first kappa shape index (κ1) is 21.4. The number of hydrogen-bond acceptors (Lipinski definition) is 4. The highest BCUT2D eigenvalue weighted by Gasteiger charge is 2.21. The Bertz CT molecular complexity index is 733. The standard InChI is InChI=1S/C21H30ClN3O2/c1-14(2)6-11-17(15-7-9-16(22)10-8-15)23-18(26)12-13-19-24-20(25-27-19)21(3,4)5/h7-10,14,17H,6,11-13H2,1-5H3,(H,23,26). The number of carbonyl (C=O) groups excluding carboxylic acids is 1. The van der Waals surface area contributed by atoms with Crippen molar-refractivity contribution in [2.75, 3.05) is 0 Å². The summed E-state index contributed by atoms with van der Waals surface area (Å²) in [4.78, 5) is 16.9. The normalized spacial score (nSPS) is 13.0. The van der Waals surface area contributed by atoms with Crippen molar-refractivity contribution in [2.24, 2.45) is 5.92 Å². The molecule has 0 saturated heterocycles. The molecule has 1 amide bonds. The molecule has 0 saturated carbocycles. The third kappa shape index (κ3) is 6.98. The Morgan fingerprint density at radius 3 is 2.41 bits per heavy atom. The molecular weight excluding hydrogens is 362 g/mol. The van der Waals surface area contributed by atoms with Gasteiger partial charge in [-0.15, -0.1) is 0 Å². The molecule has 1 atom stereocenters. The van der Waals surface area contributed by atoms with Crippen molar-refractivity contribution in [3.8, 4) is 0 Å². The van der Waals surface area contributed by atoms with E-state index in [-0.39, 0.29) is 17.4 Å². The van der Waals surface area contributed by atoms with Crippen LogP contribution in [0.3, 0.4) is 0 Å². The minimum absolute atomic E-state index is 0.0192. The summed E-state index contributed by atoms with van der Waals surface area (Å²) in [6, 6.07) is 7.64. The molecule has 27 heavy (non-hydrogen) atoms. The molecule has 1 heterocycles. The van der Waals surface area contributed by atoms with Gasteiger partial charge in [0.25, 0.3) is 0 Å². The summed E-state index contributed by atoms with van der Waals surface area (Å²) in [5.41, 5.74) is 0.904. The first-order chi connectivity index (χ1) is 12.6. The second-order valence-corrected chi connectivity index (χ2v) is 8.84. The molecule has 2 rings (SSSR count). The van der Waals surface area contributed by atoms with Crippen LogP contribution in [0, 0.1) is 5.92 Å². The molecular formula is C21H30ClN3O2. The highest BCUT2D eigenvalue weighted by Crippen LogP contribution is 2.23. The van der Waals surface area contributed by atoms with Gasteiger partial charge in [0.1, 0.15) is 0 Å². The van der Waals surface area contributed by atoms with E-state index in [2.05, 4.69) is 29.3 Å². The predicted octanol–water partition coefficient (Wildman–Crippen LogP) is 5.25. The summed E-state index contributed by atoms with van der Waals surface area (Å²) < 4.78 is 5.27. The van der Waals surface area contributed by atoms with E-state index in [9.17, 15) is 4.79 Å². The molecule has 0 spiro atoms. The number of nitrogens with zero attached hydrogens (tertiary/aromatic N) is 2. The number of benzene rings is 1. The molecule has 0 aliphatic heterocycles. The largest absolute Gasteiger partial charge is 0.349 e. The number of amides is 1. The first-order valence-corrected chi connectivity index (χ1v) is 9.91. The van der Waals surface area contributed by atoms with Gasteiger partial charge in [-0.2, -0.15) is 4.98 Å². The number of aryl methyl sites for hydroxylation is 1. The average molecular weight is 392 g/mol. The van der Waals surface area contributed by atoms with Crippen LogP contribution < -0.4 is 5.32 Å². The van der Waals surface area contributed by atoms with Crippen LogP contribution in [-0.4, -0.2) is 16.0 Å². The Labute approximate surface area is 166 Å². The third-order valence-corrected chi connectivity index (χ3v) is 4.60. The lowest BCUT2D eigenvalue weighted by atomic mass is 9.96. The number of rotatable bonds is 8. The van der Waals surface area contributed by atoms with Crippen molar-refractivity contribution >= 4 is 17.5 Å². The van der Waals surface area contributed by atoms with Gasteiger partial charge in [0.15, 0.2) is 5.82 Å². The lowest BCUT2D eigenvalue weighted by Crippen LogP contribution is -2.29. The number of hydrogen-bond donors (Lipinski definition) is 1. The zero-order chi connectivity index (χ0) is 20.0. The molecule has 0 fully saturated rings. The highest BCUT2D eigenvalue weighted by molar-refractivity contribution is 6.30. The number of aromatic nitrogens is 2. The molecule has 148 valence electrons. The summed E-state index contributed by atoms with van der Waals surface area (Å²) in [6.45, 7) is 10.4. The van der Waals surface area contributed by atoms with Gasteiger partial charge < -0.3 is 9.84 Å². The minimum atomic E-state index is -0.166. The van der Waals surface area contributed by atoms with Crippen LogP contribution >= 0.6 is 11.6 Å². The summed E-state index contributed by atoms with van der Waals surface area (Å²) >= 11 is 5.99. The van der Waals surface area contributed by atoms with Crippen LogP contribution in [0.15, 0.2) is 28.8 Å². The molecule has 0 aliphatic rings. The lowest BCUT2D eigenvalue weighted by Gasteiger charge is -2.20. The van der Waals surface area contributed by atoms with Crippen molar-refractivity contribution in [1.82, 2.24) is 15.5 Å². The molecule has 1 aromatic heterocycles. The number of carbonyl (C=O) groups is 1. The summed E-state index contributed by atoms with van der Waals surface area (Å²) in [5.74, 6) is 1.72. The van der Waals surface area contributed by atoms with E-state index in [4.69, 9.17) is 16.1 Å². The van der Waals surface area contributed by atoms with E-state index in [1.807, 2.05) is 45.0 Å². The van der Waals surface area contributed by atoms with E-state index in [1.54, 1.807) is 0 Å². The Hall–Kier alpha value is -1.88. The van der Waals surface area contributed by atoms with Crippen LogP contribution in [0.4, 0.5) is 0 Å². The van der Waals surface area contributed by atoms with Crippen LogP contribution in [0.2, 0.25) is 5.02 Å². The number of halogens is 1. The molecule has 1 aromatic carbocycles. The fourth-order valence-electron chi connectivity index (χ4n) is 2.67. The van der Waals surface area contributed by atoms with Crippen LogP contribution in [0.25, 0.3) is 0 Å². The predicted molar refractivity (Wildman–Crippen MR) is 108 cm³/mol. The van der Waals surface area contributed by atoms with Gasteiger partial charge in [-0.25, -0.2) is 0 Å². The molecule has 1 N–H and O–H groups in total. The first-order valence-electron chi connectivity index (χ1n) is 9.53. The molecule has 1 unspecified atom stereocenters. The van der Waals surface area contributed by atoms with Gasteiger partial charge in [0, 0.05) is 23.3 Å². The molecule has 5 nitrogen and oxygen atoms in total. The zero-order valence-electron chi connectivity index (χ0n) is 16.9. The quantitative estimate of drug-likeness (QED) is 0.667. The molecule has 6 heteroatoms. The van der Waals surface area contributed by atoms with E-state index in [0.29, 0.717) is 35.5 Å². The summed E-state index contributed by atoms with van der Waals surface area (Å²) in [7, 11) is 0. The molecule has 0 aliphatic carbocycles. The van der Waals surface area contributed by atoms with Gasteiger partial charge >= 0.3 is 0 Å². The van der Waals surface area contributed by atoms with E-state index >= 15 is 0 Å². The Morgan fingerprint density at radius 1 is 1.19 bits per heavy atom. The second kappa shape index (κ2) is 9.36. The van der Waals surface area contributed by atoms with E-state index < -0.39 is 0 Å². The van der Waals surface area contributed by atoms with Crippen molar-refractivity contribution in [3.05, 3.63) is 46.6 Å². The van der Waals surface area contributed by atoms with Crippen molar-refractivity contribution in [3.63, 3.8) is 0 Å². The summed E-state index contributed by atoms with van der Waals surface area (Å²) in [5, 5.41) is 7.84. The topological polar surface area (TPSA) is 68.0 Å². The fraction of sp³-hybridized carbons (Fsp3) is 0.571. The van der Waals surface area contributed by atoms with Gasteiger partial charge in [0.05, 0.1) is 6.04 Å². The van der Waals surface area contributed by atoms with Crippen LogP contribution in [0.1, 0.15) is 77.2 Å². The van der Waals surface area contributed by atoms with Crippen LogP contribution in [-0.2, 0) is 16.6 Å². The fourth-order valence-corrected chi connectivity index (χ4v) is 2.79. The average Bonchev–Trinajstić information content (AvgIpc) is 3.07. The zero-order valence-corrected chi connectivity index (χ0v) is 17.6. The maximum absolute atomic E-state index is 12.5. The molecule has 0 bridgehead atoms. The van der Waals surface area contributed by atoms with Gasteiger partial charge in [-0.3, -0.25) is 4.79 Å². The van der Waals surface area contributed by atoms with Crippen LogP contribution in [0.5, 0.6) is 0 Å². The lowest BCUT2D eigenvalue weighted by molar-refractivity contribution is -0.122. The van der Waals surface area contributed by atoms with Gasteiger partial charge in [-0.05, 0) is 36.5 Å². The van der Waals surface area contributed by atoms with Crippen molar-refractivity contribution in [2.45, 2.75) is 71.8 Å². The monoisotopic (exact) mass is 391 g/mol. The Balaban J connectivity index is 1.96. The summed E-state index contributed by atoms with van der Waals surface area (Å²) in [6.07, 6.45) is 2.68. The third-order valence-electron chi connectivity index (χ3n) is 4.35. The minimum Gasteiger partial charge on any atom is -0.349 e. The smallest absolute Gasteiger partial charge is 0.227 e. The highest BCUT2D eigenvalue weighted by atomic mass is 35.5. The molecule has 0 radical (unpaired) electrons. The van der Waals surface area contributed by atoms with Crippen molar-refractivity contribution < 1.29 is 9.32 Å². The van der Waals surface area contributed by atoms with E-state index in [1.165, 1.54) is 0 Å².